The Hall–Kier alpha value is -0.300. The Morgan fingerprint density at radius 3 is 2.75 bits per heavy atom. The molecule has 0 aliphatic heterocycles. The molecule has 1 fully saturated rings. The van der Waals surface area contributed by atoms with Crippen LogP contribution in [0.4, 0.5) is 0 Å². The third kappa shape index (κ3) is 1.34. The Morgan fingerprint density at radius 1 is 1.75 bits per heavy atom. The molecule has 0 aromatic carbocycles. The number of hydrogen-bond acceptors (Lipinski definition) is 0. The highest BCUT2D eigenvalue weighted by Crippen LogP contribution is 2.33. The van der Waals surface area contributed by atoms with Crippen molar-refractivity contribution in [2.45, 2.75) is 25.3 Å². The first-order chi connectivity index (χ1) is 3.84. The van der Waals surface area contributed by atoms with E-state index in [0.29, 0.717) is 5.92 Å². The van der Waals surface area contributed by atoms with Crippen LogP contribution in [0.1, 0.15) is 19.3 Å². The second-order valence-electron chi connectivity index (χ2n) is 2.47. The van der Waals surface area contributed by atoms with Crippen LogP contribution in [-0.2, 0) is 0 Å². The second kappa shape index (κ2) is 2.31. The number of hydrogen-bond donors (Lipinski definition) is 0. The first kappa shape index (κ1) is 5.83. The first-order valence-corrected chi connectivity index (χ1v) is 3.16. The minimum atomic E-state index is 0.160. The fourth-order valence-corrected chi connectivity index (χ4v) is 0.871. The maximum Gasteiger partial charge on any atom is 0.0275 e. The van der Waals surface area contributed by atoms with Gasteiger partial charge >= 0.3 is 0 Å². The molecular formula is C7H12N. The van der Waals surface area contributed by atoms with Crippen LogP contribution in [0.3, 0.4) is 0 Å². The van der Waals surface area contributed by atoms with Crippen LogP contribution in [0.2, 0.25) is 0 Å². The number of nitrogens with one attached hydrogen (secondary N) is 1. The molecule has 1 N–H and O–H groups in total. The highest BCUT2D eigenvalue weighted by molar-refractivity contribution is 4.87. The van der Waals surface area contributed by atoms with Crippen LogP contribution in [-0.4, -0.2) is 6.04 Å². The van der Waals surface area contributed by atoms with E-state index in [1.807, 2.05) is 6.08 Å². The van der Waals surface area contributed by atoms with Crippen LogP contribution in [0.5, 0.6) is 0 Å². The van der Waals surface area contributed by atoms with Crippen molar-refractivity contribution < 1.29 is 0 Å². The lowest BCUT2D eigenvalue weighted by Gasteiger charge is -2.01. The Bertz CT molecular complexity index is 84.4. The van der Waals surface area contributed by atoms with Crippen molar-refractivity contribution in [3.05, 3.63) is 12.7 Å². The summed E-state index contributed by atoms with van der Waals surface area (Å²) in [6.45, 7) is 3.59. The molecule has 0 bridgehead atoms. The van der Waals surface area contributed by atoms with E-state index in [1.54, 1.807) is 0 Å². The maximum atomic E-state index is 7.42. The van der Waals surface area contributed by atoms with E-state index in [9.17, 15) is 0 Å². The molecule has 0 amide bonds. The summed E-state index contributed by atoms with van der Waals surface area (Å²) in [5.74, 6) is 0.716. The average molecular weight is 110 g/mol. The standard InChI is InChI=1S/C7H12N/c1-2-3-7(8)6-4-5-6/h2,6-8H,1,3-5H2. The van der Waals surface area contributed by atoms with Crippen LogP contribution in [0, 0.1) is 5.92 Å². The second-order valence-corrected chi connectivity index (χ2v) is 2.47. The zero-order valence-corrected chi connectivity index (χ0v) is 5.06. The molecule has 1 heteroatoms. The molecule has 0 aromatic heterocycles. The van der Waals surface area contributed by atoms with E-state index in [0.717, 1.165) is 6.42 Å². The molecule has 0 spiro atoms. The zero-order chi connectivity index (χ0) is 5.98. The highest BCUT2D eigenvalue weighted by atomic mass is 14.7. The van der Waals surface area contributed by atoms with E-state index >= 15 is 0 Å². The van der Waals surface area contributed by atoms with Crippen LogP contribution < -0.4 is 5.73 Å². The van der Waals surface area contributed by atoms with E-state index in [4.69, 9.17) is 5.73 Å². The van der Waals surface area contributed by atoms with Crippen molar-refractivity contribution in [1.29, 1.82) is 0 Å². The molecule has 1 radical (unpaired) electrons. The van der Waals surface area contributed by atoms with Gasteiger partial charge in [0.15, 0.2) is 0 Å². The third-order valence-electron chi connectivity index (χ3n) is 1.61. The van der Waals surface area contributed by atoms with Crippen molar-refractivity contribution in [3.63, 3.8) is 0 Å². The summed E-state index contributed by atoms with van der Waals surface area (Å²) >= 11 is 0. The lowest BCUT2D eigenvalue weighted by Crippen LogP contribution is -2.09. The van der Waals surface area contributed by atoms with Gasteiger partial charge in [0.25, 0.3) is 0 Å². The quantitative estimate of drug-likeness (QED) is 0.493. The van der Waals surface area contributed by atoms with E-state index in [-0.39, 0.29) is 6.04 Å². The van der Waals surface area contributed by atoms with Gasteiger partial charge in [-0.15, -0.1) is 6.58 Å². The molecule has 45 valence electrons. The van der Waals surface area contributed by atoms with Gasteiger partial charge in [-0.3, -0.25) is 5.73 Å². The first-order valence-electron chi connectivity index (χ1n) is 3.16. The summed E-state index contributed by atoms with van der Waals surface area (Å²) in [5.41, 5.74) is 7.42. The fraction of sp³-hybridized carbons (Fsp3) is 0.714. The molecule has 1 unspecified atom stereocenters. The highest BCUT2D eigenvalue weighted by Gasteiger charge is 2.27. The van der Waals surface area contributed by atoms with Gasteiger partial charge < -0.3 is 0 Å². The van der Waals surface area contributed by atoms with Crippen LogP contribution >= 0.6 is 0 Å². The molecular weight excluding hydrogens is 98.1 g/mol. The minimum Gasteiger partial charge on any atom is -0.254 e. The van der Waals surface area contributed by atoms with E-state index < -0.39 is 0 Å². The SMILES string of the molecule is C=CCC([NH])C1CC1. The summed E-state index contributed by atoms with van der Waals surface area (Å²) in [6, 6.07) is 0.160. The van der Waals surface area contributed by atoms with Gasteiger partial charge in [0.1, 0.15) is 0 Å². The minimum absolute atomic E-state index is 0.160. The van der Waals surface area contributed by atoms with Crippen molar-refractivity contribution in [2.75, 3.05) is 0 Å². The zero-order valence-electron chi connectivity index (χ0n) is 5.06. The molecule has 1 nitrogen and oxygen atoms in total. The maximum absolute atomic E-state index is 7.42. The Balaban J connectivity index is 2.12. The van der Waals surface area contributed by atoms with Crippen molar-refractivity contribution in [1.82, 2.24) is 5.73 Å². The summed E-state index contributed by atoms with van der Waals surface area (Å²) in [7, 11) is 0. The average Bonchev–Trinajstić information content (AvgIpc) is 2.45. The van der Waals surface area contributed by atoms with Gasteiger partial charge in [-0.1, -0.05) is 6.08 Å². The monoisotopic (exact) mass is 110 g/mol. The Labute approximate surface area is 50.6 Å². The molecule has 1 saturated carbocycles. The van der Waals surface area contributed by atoms with Gasteiger partial charge in [0, 0.05) is 6.04 Å². The Morgan fingerprint density at radius 2 is 2.38 bits per heavy atom. The molecule has 1 aliphatic carbocycles. The smallest absolute Gasteiger partial charge is 0.0275 e. The molecule has 1 aliphatic rings. The van der Waals surface area contributed by atoms with Gasteiger partial charge in [0.2, 0.25) is 0 Å². The summed E-state index contributed by atoms with van der Waals surface area (Å²) in [6.07, 6.45) is 5.28. The molecule has 0 heterocycles. The van der Waals surface area contributed by atoms with Crippen molar-refractivity contribution in [3.8, 4) is 0 Å². The Kier molecular flexibility index (Phi) is 1.69. The van der Waals surface area contributed by atoms with E-state index in [1.165, 1.54) is 12.8 Å². The third-order valence-corrected chi connectivity index (χ3v) is 1.61. The lowest BCUT2D eigenvalue weighted by molar-refractivity contribution is 0.585. The number of rotatable bonds is 3. The van der Waals surface area contributed by atoms with Gasteiger partial charge in [-0.2, -0.15) is 0 Å². The van der Waals surface area contributed by atoms with Gasteiger partial charge in [-0.25, -0.2) is 0 Å². The van der Waals surface area contributed by atoms with Crippen molar-refractivity contribution >= 4 is 0 Å². The van der Waals surface area contributed by atoms with Crippen LogP contribution in [0.25, 0.3) is 0 Å². The molecule has 8 heavy (non-hydrogen) atoms. The van der Waals surface area contributed by atoms with Crippen molar-refractivity contribution in [2.24, 2.45) is 5.92 Å². The normalized spacial score (nSPS) is 22.6. The topological polar surface area (TPSA) is 23.8 Å². The van der Waals surface area contributed by atoms with Gasteiger partial charge in [-0.05, 0) is 25.2 Å². The lowest BCUT2D eigenvalue weighted by atomic mass is 10.1. The van der Waals surface area contributed by atoms with Gasteiger partial charge in [0.05, 0.1) is 0 Å². The summed E-state index contributed by atoms with van der Waals surface area (Å²) in [4.78, 5) is 0. The predicted octanol–water partition coefficient (Wildman–Crippen LogP) is 1.62. The molecule has 0 saturated heterocycles. The fourth-order valence-electron chi connectivity index (χ4n) is 0.871. The predicted molar refractivity (Wildman–Crippen MR) is 34.4 cm³/mol. The molecule has 1 rings (SSSR count). The summed E-state index contributed by atoms with van der Waals surface area (Å²) in [5, 5.41) is 0. The summed E-state index contributed by atoms with van der Waals surface area (Å²) < 4.78 is 0. The van der Waals surface area contributed by atoms with Crippen LogP contribution in [0.15, 0.2) is 12.7 Å². The molecule has 0 aromatic rings. The molecule has 1 atom stereocenters. The largest absolute Gasteiger partial charge is 0.254 e. The van der Waals surface area contributed by atoms with E-state index in [2.05, 4.69) is 6.58 Å².